The minimum Gasteiger partial charge on any atom is -0.390 e. The quantitative estimate of drug-likeness (QED) is 0.113. The fourth-order valence-electron chi connectivity index (χ4n) is 5.67. The molecule has 22 nitrogen and oxygen atoms in total. The molecule has 5 unspecified atom stereocenters. The first-order valence-electron chi connectivity index (χ1n) is 13.3. The van der Waals surface area contributed by atoms with E-state index < -0.39 is 89.2 Å². The Morgan fingerprint density at radius 3 is 2.36 bits per heavy atom. The van der Waals surface area contributed by atoms with Crippen molar-refractivity contribution in [2.24, 2.45) is 5.92 Å². The molecule has 7 rings (SSSR count). The van der Waals surface area contributed by atoms with E-state index in [-0.39, 0.29) is 34.1 Å². The van der Waals surface area contributed by atoms with Crippen molar-refractivity contribution in [3.63, 3.8) is 0 Å². The topological polar surface area (TPSA) is 320 Å². The van der Waals surface area contributed by atoms with E-state index in [4.69, 9.17) is 34.5 Å². The first kappa shape index (κ1) is 30.3. The standard InChI is InChI=1S/C21H26N10O12P2/c22-15-10-16(25-4-24-15)30(5-26-10)20-13(33)14-9(42-20)2-39-44(35,36)3-7-12(32)8(1-40-45(37,38)43-14)41-19(7)31-6-27-11-17(31)28-21(23)29-18(11)34/h4-9,12-14,19-20,32-33H,1-3H2,(H,35,36)(H,37,38)(H2,22,24,25)(H3,23,28,29,34)/t7?,8-,9-,12?,13+,14?,19-,20-/m1/s1. The van der Waals surface area contributed by atoms with Gasteiger partial charge in [0.1, 0.15) is 42.5 Å². The highest BCUT2D eigenvalue weighted by atomic mass is 31.2. The van der Waals surface area contributed by atoms with Gasteiger partial charge in [-0.15, -0.1) is 0 Å². The molecule has 7 heterocycles. The van der Waals surface area contributed by atoms with E-state index in [0.717, 1.165) is 6.33 Å². The maximum Gasteiger partial charge on any atom is 0.472 e. The molecule has 4 aromatic heterocycles. The van der Waals surface area contributed by atoms with E-state index in [1.54, 1.807) is 0 Å². The molecule has 10 atom stereocenters. The molecule has 45 heavy (non-hydrogen) atoms. The molecule has 3 saturated heterocycles. The minimum absolute atomic E-state index is 0.0488. The van der Waals surface area contributed by atoms with Crippen LogP contribution in [0.5, 0.6) is 0 Å². The summed E-state index contributed by atoms with van der Waals surface area (Å²) in [6.45, 7) is -1.45. The molecule has 0 radical (unpaired) electrons. The smallest absolute Gasteiger partial charge is 0.390 e. The van der Waals surface area contributed by atoms with Gasteiger partial charge in [-0.1, -0.05) is 0 Å². The summed E-state index contributed by atoms with van der Waals surface area (Å²) in [6, 6.07) is 0. The van der Waals surface area contributed by atoms with E-state index >= 15 is 0 Å². The van der Waals surface area contributed by atoms with Crippen molar-refractivity contribution in [2.45, 2.75) is 43.0 Å². The molecule has 4 aromatic rings. The summed E-state index contributed by atoms with van der Waals surface area (Å²) in [7, 11) is -9.64. The summed E-state index contributed by atoms with van der Waals surface area (Å²) < 4.78 is 56.6. The lowest BCUT2D eigenvalue weighted by atomic mass is 10.0. The lowest BCUT2D eigenvalue weighted by Gasteiger charge is -2.25. The number of hydrogen-bond donors (Lipinski definition) is 7. The predicted molar refractivity (Wildman–Crippen MR) is 147 cm³/mol. The van der Waals surface area contributed by atoms with Crippen LogP contribution in [0.4, 0.5) is 11.8 Å². The second-order valence-corrected chi connectivity index (χ2v) is 13.9. The number of aliphatic hydroxyl groups excluding tert-OH is 2. The molecule has 0 aromatic carbocycles. The zero-order valence-electron chi connectivity index (χ0n) is 22.7. The molecule has 3 fully saturated rings. The van der Waals surface area contributed by atoms with Crippen molar-refractivity contribution in [3.05, 3.63) is 29.3 Å². The number of fused-ring (bicyclic) bond motifs is 5. The number of phosphoric acid groups is 1. The Bertz CT molecular complexity index is 1940. The van der Waals surface area contributed by atoms with Crippen LogP contribution >= 0.6 is 15.4 Å². The summed E-state index contributed by atoms with van der Waals surface area (Å²) in [6.07, 6.45) is -7.29. The normalized spacial score (nSPS) is 37.7. The van der Waals surface area contributed by atoms with Crippen molar-refractivity contribution in [3.8, 4) is 0 Å². The Balaban J connectivity index is 1.21. The molecule has 2 bridgehead atoms. The predicted octanol–water partition coefficient (Wildman–Crippen LogP) is -2.03. The van der Waals surface area contributed by atoms with Crippen molar-refractivity contribution in [1.82, 2.24) is 39.0 Å². The molecule has 24 heteroatoms. The van der Waals surface area contributed by atoms with Crippen LogP contribution in [0.15, 0.2) is 23.8 Å². The monoisotopic (exact) mass is 672 g/mol. The number of rotatable bonds is 2. The molecular formula is C21H26N10O12P2. The number of ether oxygens (including phenoxy) is 2. The minimum atomic E-state index is -5.02. The van der Waals surface area contributed by atoms with Gasteiger partial charge in [-0.25, -0.2) is 24.5 Å². The molecule has 0 saturated carbocycles. The van der Waals surface area contributed by atoms with Crippen molar-refractivity contribution < 1.29 is 52.2 Å². The van der Waals surface area contributed by atoms with Gasteiger partial charge < -0.3 is 45.5 Å². The van der Waals surface area contributed by atoms with Crippen LogP contribution < -0.4 is 17.0 Å². The van der Waals surface area contributed by atoms with Crippen LogP contribution in [0.3, 0.4) is 0 Å². The summed E-state index contributed by atoms with van der Waals surface area (Å²) in [5.41, 5.74) is 11.1. The Kier molecular flexibility index (Phi) is 7.30. The summed E-state index contributed by atoms with van der Waals surface area (Å²) in [4.78, 5) is 56.3. The van der Waals surface area contributed by atoms with Gasteiger partial charge in [0, 0.05) is 5.92 Å². The number of nitrogens with two attached hydrogens (primary N) is 2. The van der Waals surface area contributed by atoms with Gasteiger partial charge in [-0.05, 0) is 0 Å². The molecule has 3 aliphatic rings. The second kappa shape index (κ2) is 10.9. The first-order valence-corrected chi connectivity index (χ1v) is 16.5. The highest BCUT2D eigenvalue weighted by Crippen LogP contribution is 2.54. The number of aromatic amines is 1. The summed E-state index contributed by atoms with van der Waals surface area (Å²) in [5.74, 6) is -1.41. The number of nitrogens with one attached hydrogen (secondary N) is 1. The summed E-state index contributed by atoms with van der Waals surface area (Å²) >= 11 is 0. The highest BCUT2D eigenvalue weighted by Gasteiger charge is 2.53. The van der Waals surface area contributed by atoms with Crippen molar-refractivity contribution >= 4 is 49.5 Å². The number of aliphatic hydroxyl groups is 2. The number of anilines is 2. The van der Waals surface area contributed by atoms with E-state index in [0.29, 0.717) is 0 Å². The number of phosphoric ester groups is 1. The Morgan fingerprint density at radius 1 is 0.889 bits per heavy atom. The van der Waals surface area contributed by atoms with Gasteiger partial charge in [0.2, 0.25) is 5.95 Å². The Morgan fingerprint density at radius 2 is 1.58 bits per heavy atom. The van der Waals surface area contributed by atoms with Crippen LogP contribution in [0, 0.1) is 5.92 Å². The fourth-order valence-corrected chi connectivity index (χ4v) is 8.05. The Labute approximate surface area is 250 Å². The fraction of sp³-hybridized carbons (Fsp3) is 0.524. The molecule has 0 aliphatic carbocycles. The largest absolute Gasteiger partial charge is 0.472 e. The number of H-pyrrole nitrogens is 1. The molecule has 3 aliphatic heterocycles. The van der Waals surface area contributed by atoms with Crippen LogP contribution in [0.2, 0.25) is 0 Å². The lowest BCUT2D eigenvalue weighted by molar-refractivity contribution is -0.0558. The van der Waals surface area contributed by atoms with E-state index in [9.17, 15) is 33.9 Å². The highest BCUT2D eigenvalue weighted by molar-refractivity contribution is 7.52. The third-order valence-electron chi connectivity index (χ3n) is 7.73. The Hall–Kier alpha value is -3.40. The number of imidazole rings is 2. The van der Waals surface area contributed by atoms with Gasteiger partial charge in [0.15, 0.2) is 28.9 Å². The average molecular weight is 672 g/mol. The number of aromatic nitrogens is 8. The molecule has 0 amide bonds. The van der Waals surface area contributed by atoms with Crippen LogP contribution in [-0.4, -0.2) is 109 Å². The third kappa shape index (κ3) is 5.32. The van der Waals surface area contributed by atoms with Crippen LogP contribution in [-0.2, 0) is 32.2 Å². The van der Waals surface area contributed by atoms with Gasteiger partial charge in [0.25, 0.3) is 5.56 Å². The maximum absolute atomic E-state index is 13.4. The van der Waals surface area contributed by atoms with Crippen molar-refractivity contribution in [1.29, 1.82) is 0 Å². The van der Waals surface area contributed by atoms with E-state index in [1.807, 2.05) is 0 Å². The van der Waals surface area contributed by atoms with Gasteiger partial charge >= 0.3 is 15.4 Å². The average Bonchev–Trinajstić information content (AvgIpc) is 3.72. The first-order chi connectivity index (χ1) is 21.3. The third-order valence-corrected chi connectivity index (χ3v) is 10.2. The number of hydrogen-bond acceptors (Lipinski definition) is 17. The zero-order valence-corrected chi connectivity index (χ0v) is 24.5. The van der Waals surface area contributed by atoms with Crippen LogP contribution in [0.25, 0.3) is 22.3 Å². The number of nitrogen functional groups attached to an aromatic ring is 2. The lowest BCUT2D eigenvalue weighted by Crippen LogP contribution is -2.36. The molecule has 9 N–H and O–H groups in total. The van der Waals surface area contributed by atoms with Crippen molar-refractivity contribution in [2.75, 3.05) is 30.8 Å². The van der Waals surface area contributed by atoms with E-state index in [2.05, 4.69) is 29.9 Å². The molecule has 242 valence electrons. The van der Waals surface area contributed by atoms with Gasteiger partial charge in [-0.2, -0.15) is 4.98 Å². The van der Waals surface area contributed by atoms with E-state index in [1.165, 1.54) is 21.8 Å². The van der Waals surface area contributed by atoms with Gasteiger partial charge in [0.05, 0.1) is 38.1 Å². The maximum atomic E-state index is 13.4. The van der Waals surface area contributed by atoms with Crippen LogP contribution in [0.1, 0.15) is 12.5 Å². The number of nitrogens with zero attached hydrogens (tertiary/aromatic N) is 7. The zero-order chi connectivity index (χ0) is 31.8. The SMILES string of the molecule is Nc1nc2c(ncn2[C@@H]2O[C@@H]3COP(=O)(O)OC4[C@@H](COP(=O)(O)CC2C3O)O[C@@H](n2cnc3c(N)ncnc32)[C@H]4O)c(=O)[nH]1. The molecular weight excluding hydrogens is 646 g/mol. The summed E-state index contributed by atoms with van der Waals surface area (Å²) in [5, 5.41) is 22.3. The molecule has 0 spiro atoms. The van der Waals surface area contributed by atoms with Gasteiger partial charge in [-0.3, -0.25) is 32.5 Å². The second-order valence-electron chi connectivity index (χ2n) is 10.6.